The van der Waals surface area contributed by atoms with Crippen LogP contribution in [0.4, 0.5) is 0 Å². The van der Waals surface area contributed by atoms with E-state index in [1.165, 1.54) is 35.5 Å². The largest absolute Gasteiger partial charge is 0.466 e. The van der Waals surface area contributed by atoms with Crippen molar-refractivity contribution in [1.82, 2.24) is 0 Å². The number of ketones is 2. The van der Waals surface area contributed by atoms with Crippen LogP contribution in [0.25, 0.3) is 0 Å². The minimum Gasteiger partial charge on any atom is -0.466 e. The van der Waals surface area contributed by atoms with Crippen molar-refractivity contribution in [2.45, 2.75) is 11.6 Å². The van der Waals surface area contributed by atoms with Gasteiger partial charge in [-0.3, -0.25) is 9.59 Å². The molecule has 0 saturated heterocycles. The summed E-state index contributed by atoms with van der Waals surface area (Å²) in [5.74, 6) is -7.56. The monoisotopic (exact) mass is 366 g/mol. The van der Waals surface area contributed by atoms with Crippen LogP contribution in [-0.4, -0.2) is 64.7 Å². The minimum absolute atomic E-state index is 0.126. The number of carbonyl (C=O) groups excluding carboxylic acids is 3. The van der Waals surface area contributed by atoms with Crippen molar-refractivity contribution < 1.29 is 38.1 Å². The third-order valence-corrected chi connectivity index (χ3v) is 5.83. The molecule has 8 heteroatoms. The third-order valence-electron chi connectivity index (χ3n) is 5.83. The Morgan fingerprint density at radius 1 is 0.923 bits per heavy atom. The third kappa shape index (κ3) is 2.07. The maximum absolute atomic E-state index is 13.1. The second kappa shape index (κ2) is 6.38. The first-order valence-corrected chi connectivity index (χ1v) is 8.16. The van der Waals surface area contributed by atoms with Gasteiger partial charge >= 0.3 is 5.97 Å². The van der Waals surface area contributed by atoms with E-state index >= 15 is 0 Å². The van der Waals surface area contributed by atoms with Crippen LogP contribution >= 0.6 is 0 Å². The molecule has 8 nitrogen and oxygen atoms in total. The van der Waals surface area contributed by atoms with E-state index in [0.29, 0.717) is 0 Å². The first kappa shape index (κ1) is 18.9. The summed E-state index contributed by atoms with van der Waals surface area (Å²) in [7, 11) is 6.67. The molecular formula is C18H22O8. The first-order chi connectivity index (χ1) is 12.4. The molecule has 0 aliphatic heterocycles. The number of esters is 1. The first-order valence-electron chi connectivity index (χ1n) is 8.16. The molecular weight excluding hydrogens is 344 g/mol. The molecule has 0 N–H and O–H groups in total. The predicted octanol–water partition coefficient (Wildman–Crippen LogP) is 0.264. The van der Waals surface area contributed by atoms with Gasteiger partial charge in [-0.05, 0) is 6.08 Å². The fourth-order valence-corrected chi connectivity index (χ4v) is 4.72. The number of ether oxygens (including phenoxy) is 5. The molecule has 0 heterocycles. The number of carbonyl (C=O) groups is 3. The summed E-state index contributed by atoms with van der Waals surface area (Å²) >= 11 is 0. The van der Waals surface area contributed by atoms with Gasteiger partial charge < -0.3 is 23.7 Å². The maximum atomic E-state index is 13.1. The summed E-state index contributed by atoms with van der Waals surface area (Å²) in [5, 5.41) is 0. The molecule has 0 unspecified atom stereocenters. The second-order valence-electron chi connectivity index (χ2n) is 6.46. The lowest BCUT2D eigenvalue weighted by atomic mass is 9.52. The van der Waals surface area contributed by atoms with E-state index in [1.54, 1.807) is 12.2 Å². The van der Waals surface area contributed by atoms with Crippen molar-refractivity contribution in [3.63, 3.8) is 0 Å². The molecule has 0 radical (unpaired) electrons. The minimum atomic E-state index is -1.67. The Hall–Kier alpha value is -1.87. The van der Waals surface area contributed by atoms with Crippen LogP contribution in [0.2, 0.25) is 0 Å². The molecule has 4 aliphatic carbocycles. The van der Waals surface area contributed by atoms with Crippen LogP contribution in [0, 0.1) is 23.7 Å². The summed E-state index contributed by atoms with van der Waals surface area (Å²) < 4.78 is 26.8. The fourth-order valence-electron chi connectivity index (χ4n) is 4.72. The van der Waals surface area contributed by atoms with Crippen LogP contribution < -0.4 is 0 Å². The molecule has 1 saturated carbocycles. The van der Waals surface area contributed by atoms with Gasteiger partial charge in [0.15, 0.2) is 5.78 Å². The Balaban J connectivity index is 2.27. The van der Waals surface area contributed by atoms with Crippen LogP contribution in [0.3, 0.4) is 0 Å². The lowest BCUT2D eigenvalue weighted by Crippen LogP contribution is -2.70. The number of hydrogen-bond donors (Lipinski definition) is 0. The Morgan fingerprint density at radius 2 is 1.50 bits per heavy atom. The highest BCUT2D eigenvalue weighted by Gasteiger charge is 2.70. The molecule has 4 aliphatic rings. The van der Waals surface area contributed by atoms with Gasteiger partial charge in [-0.2, -0.15) is 0 Å². The zero-order valence-electron chi connectivity index (χ0n) is 15.3. The van der Waals surface area contributed by atoms with E-state index in [2.05, 4.69) is 0 Å². The van der Waals surface area contributed by atoms with Crippen molar-refractivity contribution in [3.05, 3.63) is 23.8 Å². The highest BCUT2D eigenvalue weighted by atomic mass is 16.7. The van der Waals surface area contributed by atoms with Gasteiger partial charge in [-0.25, -0.2) is 4.79 Å². The van der Waals surface area contributed by atoms with Crippen molar-refractivity contribution >= 4 is 17.5 Å². The van der Waals surface area contributed by atoms with E-state index in [4.69, 9.17) is 23.7 Å². The van der Waals surface area contributed by atoms with E-state index < -0.39 is 47.0 Å². The van der Waals surface area contributed by atoms with Gasteiger partial charge in [-0.1, -0.05) is 12.2 Å². The zero-order chi connectivity index (χ0) is 19.3. The molecule has 26 heavy (non-hydrogen) atoms. The molecule has 2 bridgehead atoms. The van der Waals surface area contributed by atoms with E-state index in [-0.39, 0.29) is 11.4 Å². The molecule has 4 rings (SSSR count). The standard InChI is InChI=1S/C18H22O8/c1-22-16(21)10-8-12(19)18(25-4,26-5)14-11-7-6-9(13(10)14)15(20)17(11,23-2)24-3/h6-9,11,13-14H,1-5H3/t9-,11+,13+,14-/m1/s1. The van der Waals surface area contributed by atoms with Crippen LogP contribution in [0.5, 0.6) is 0 Å². The maximum Gasteiger partial charge on any atom is 0.334 e. The fraction of sp³-hybridized carbons (Fsp3) is 0.611. The van der Waals surface area contributed by atoms with Crippen molar-refractivity contribution in [2.24, 2.45) is 23.7 Å². The molecule has 0 spiro atoms. The summed E-state index contributed by atoms with van der Waals surface area (Å²) in [6, 6.07) is 0. The Morgan fingerprint density at radius 3 is 2.00 bits per heavy atom. The molecule has 4 atom stereocenters. The summed E-state index contributed by atoms with van der Waals surface area (Å²) in [6.07, 6.45) is 4.64. The topological polar surface area (TPSA) is 97.4 Å². The lowest BCUT2D eigenvalue weighted by molar-refractivity contribution is -0.296. The van der Waals surface area contributed by atoms with E-state index in [0.717, 1.165) is 6.08 Å². The SMILES string of the molecule is COC(=O)C1=CC(=O)C(OC)(OC)[C@H]2[C@H]1[C@H]1C=C[C@@H]2C(OC)(OC)C1=O. The molecule has 0 aromatic carbocycles. The van der Waals surface area contributed by atoms with Crippen molar-refractivity contribution in [2.75, 3.05) is 35.5 Å². The zero-order valence-corrected chi connectivity index (χ0v) is 15.3. The van der Waals surface area contributed by atoms with Gasteiger partial charge in [0, 0.05) is 57.7 Å². The highest BCUT2D eigenvalue weighted by molar-refractivity contribution is 6.07. The quantitative estimate of drug-likeness (QED) is 0.388. The van der Waals surface area contributed by atoms with Gasteiger partial charge in [0.2, 0.25) is 17.4 Å². The number of hydrogen-bond acceptors (Lipinski definition) is 8. The molecule has 142 valence electrons. The highest BCUT2D eigenvalue weighted by Crippen LogP contribution is 2.58. The Labute approximate surface area is 151 Å². The van der Waals surface area contributed by atoms with Gasteiger partial charge in [0.1, 0.15) is 0 Å². The molecule has 1 fully saturated rings. The van der Waals surface area contributed by atoms with Gasteiger partial charge in [0.05, 0.1) is 7.11 Å². The molecule has 0 aromatic heterocycles. The second-order valence-corrected chi connectivity index (χ2v) is 6.46. The normalized spacial score (nSPS) is 33.7. The summed E-state index contributed by atoms with van der Waals surface area (Å²) in [6.45, 7) is 0. The smallest absolute Gasteiger partial charge is 0.334 e. The average Bonchev–Trinajstić information content (AvgIpc) is 2.68. The number of Topliss-reactive ketones (excluding diaryl/α,β-unsaturated/α-hetero) is 1. The number of methoxy groups -OCH3 is 5. The van der Waals surface area contributed by atoms with Crippen LogP contribution in [0.15, 0.2) is 23.8 Å². The van der Waals surface area contributed by atoms with Crippen LogP contribution in [-0.2, 0) is 38.1 Å². The molecule has 0 amide bonds. The Kier molecular flexibility index (Phi) is 4.64. The number of fused-ring (bicyclic) bond motifs is 1. The summed E-state index contributed by atoms with van der Waals surface area (Å²) in [5.41, 5.74) is 0.126. The van der Waals surface area contributed by atoms with Crippen LogP contribution in [0.1, 0.15) is 0 Å². The average molecular weight is 366 g/mol. The Bertz CT molecular complexity index is 698. The number of rotatable bonds is 5. The predicted molar refractivity (Wildman–Crippen MR) is 86.7 cm³/mol. The lowest BCUT2D eigenvalue weighted by Gasteiger charge is -2.57. The van der Waals surface area contributed by atoms with E-state index in [9.17, 15) is 14.4 Å². The number of allylic oxidation sites excluding steroid dienone is 1. The molecule has 0 aromatic rings. The summed E-state index contributed by atoms with van der Waals surface area (Å²) in [4.78, 5) is 38.3. The van der Waals surface area contributed by atoms with E-state index in [1.807, 2.05) is 0 Å². The van der Waals surface area contributed by atoms with Gasteiger partial charge in [-0.15, -0.1) is 0 Å². The van der Waals surface area contributed by atoms with Crippen molar-refractivity contribution in [3.8, 4) is 0 Å². The van der Waals surface area contributed by atoms with Gasteiger partial charge in [0.25, 0.3) is 0 Å². The van der Waals surface area contributed by atoms with Crippen molar-refractivity contribution in [1.29, 1.82) is 0 Å².